The Kier molecular flexibility index (Phi) is 5.85. The zero-order valence-electron chi connectivity index (χ0n) is 12.9. The molecule has 2 rings (SSSR count). The molecule has 2 saturated heterocycles. The van der Waals surface area contributed by atoms with Crippen LogP contribution in [0.5, 0.6) is 0 Å². The van der Waals surface area contributed by atoms with Gasteiger partial charge in [-0.25, -0.2) is 4.79 Å². The fourth-order valence-corrected chi connectivity index (χ4v) is 3.29. The van der Waals surface area contributed by atoms with E-state index in [1.54, 1.807) is 0 Å². The number of piperidine rings is 1. The number of aliphatic carboxylic acids is 1. The second-order valence-corrected chi connectivity index (χ2v) is 6.19. The zero-order chi connectivity index (χ0) is 15.2. The van der Waals surface area contributed by atoms with Crippen LogP contribution in [0.15, 0.2) is 0 Å². The normalized spacial score (nSPS) is 24.2. The van der Waals surface area contributed by atoms with Crippen LogP contribution < -0.4 is 5.32 Å². The van der Waals surface area contributed by atoms with Crippen molar-refractivity contribution in [2.75, 3.05) is 32.7 Å². The largest absolute Gasteiger partial charge is 0.481 e. The van der Waals surface area contributed by atoms with Crippen molar-refractivity contribution in [3.8, 4) is 0 Å². The molecule has 0 radical (unpaired) electrons. The highest BCUT2D eigenvalue weighted by Crippen LogP contribution is 2.21. The van der Waals surface area contributed by atoms with Gasteiger partial charge in [-0.15, -0.1) is 0 Å². The molecule has 2 aliphatic rings. The van der Waals surface area contributed by atoms with Gasteiger partial charge in [-0.05, 0) is 25.3 Å². The Bertz CT molecular complexity index is 375. The molecule has 0 spiro atoms. The first kappa shape index (κ1) is 16.1. The number of carbonyl (C=O) groups is 2. The van der Waals surface area contributed by atoms with Gasteiger partial charge >= 0.3 is 12.0 Å². The van der Waals surface area contributed by atoms with Crippen LogP contribution in [0.4, 0.5) is 4.79 Å². The van der Waals surface area contributed by atoms with Crippen LogP contribution in [0.1, 0.15) is 39.0 Å². The zero-order valence-corrected chi connectivity index (χ0v) is 12.9. The van der Waals surface area contributed by atoms with Crippen molar-refractivity contribution >= 4 is 12.0 Å². The second-order valence-electron chi connectivity index (χ2n) is 6.19. The summed E-state index contributed by atoms with van der Waals surface area (Å²) in [6, 6.07) is 0.475. The number of hydrogen-bond acceptors (Lipinski definition) is 3. The van der Waals surface area contributed by atoms with E-state index in [-0.39, 0.29) is 18.4 Å². The van der Waals surface area contributed by atoms with E-state index < -0.39 is 5.97 Å². The summed E-state index contributed by atoms with van der Waals surface area (Å²) in [5.74, 6) is -0.783. The average molecular weight is 297 g/mol. The van der Waals surface area contributed by atoms with Crippen molar-refractivity contribution < 1.29 is 14.7 Å². The minimum absolute atomic E-state index is 0.0161. The Labute approximate surface area is 126 Å². The van der Waals surface area contributed by atoms with Crippen LogP contribution in [-0.2, 0) is 4.79 Å². The Morgan fingerprint density at radius 3 is 2.81 bits per heavy atom. The number of rotatable bonds is 5. The summed E-state index contributed by atoms with van der Waals surface area (Å²) < 4.78 is 0. The van der Waals surface area contributed by atoms with Crippen molar-refractivity contribution in [3.63, 3.8) is 0 Å². The number of amides is 2. The lowest BCUT2D eigenvalue weighted by Gasteiger charge is -2.44. The number of fused-ring (bicyclic) bond motifs is 1. The first-order chi connectivity index (χ1) is 10.1. The molecule has 2 heterocycles. The number of nitrogens with one attached hydrogen (secondary N) is 1. The van der Waals surface area contributed by atoms with Crippen LogP contribution in [0.2, 0.25) is 0 Å². The summed E-state index contributed by atoms with van der Waals surface area (Å²) in [6.45, 7) is 6.12. The Morgan fingerprint density at radius 2 is 2.10 bits per heavy atom. The number of carbonyl (C=O) groups excluding carboxylic acids is 1. The number of nitrogens with zero attached hydrogens (tertiary/aromatic N) is 2. The van der Waals surface area contributed by atoms with Crippen LogP contribution in [-0.4, -0.2) is 65.7 Å². The van der Waals surface area contributed by atoms with Crippen molar-refractivity contribution in [1.29, 1.82) is 0 Å². The monoisotopic (exact) mass is 297 g/mol. The molecule has 6 heteroatoms. The molecule has 2 atom stereocenters. The fourth-order valence-electron chi connectivity index (χ4n) is 3.29. The summed E-state index contributed by atoms with van der Waals surface area (Å²) in [7, 11) is 0. The molecule has 2 N–H and O–H groups in total. The Hall–Kier alpha value is -1.30. The molecule has 0 aromatic carbocycles. The number of carboxylic acids is 1. The number of urea groups is 1. The standard InChI is InChI=1S/C15H27N3O3/c1-2-12(9-14(19)20)10-16-15(21)18-8-7-17-6-4-3-5-13(17)11-18/h12-13H,2-11H2,1H3,(H,16,21)(H,19,20). The molecular weight excluding hydrogens is 270 g/mol. The summed E-state index contributed by atoms with van der Waals surface area (Å²) in [4.78, 5) is 27.4. The lowest BCUT2D eigenvalue weighted by Crippen LogP contribution is -2.58. The highest BCUT2D eigenvalue weighted by molar-refractivity contribution is 5.74. The lowest BCUT2D eigenvalue weighted by molar-refractivity contribution is -0.138. The van der Waals surface area contributed by atoms with Crippen molar-refractivity contribution in [2.45, 2.75) is 45.1 Å². The van der Waals surface area contributed by atoms with E-state index in [0.29, 0.717) is 12.6 Å². The summed E-state index contributed by atoms with van der Waals surface area (Å²) in [5, 5.41) is 11.7. The van der Waals surface area contributed by atoms with Crippen LogP contribution in [0.3, 0.4) is 0 Å². The quantitative estimate of drug-likeness (QED) is 0.804. The third-order valence-electron chi connectivity index (χ3n) is 4.71. The van der Waals surface area contributed by atoms with Gasteiger partial charge in [-0.3, -0.25) is 9.69 Å². The molecule has 0 bridgehead atoms. The molecule has 21 heavy (non-hydrogen) atoms. The smallest absolute Gasteiger partial charge is 0.317 e. The van der Waals surface area contributed by atoms with E-state index in [1.807, 2.05) is 11.8 Å². The summed E-state index contributed by atoms with van der Waals surface area (Å²) in [6.07, 6.45) is 4.60. The minimum atomic E-state index is -0.799. The Balaban J connectivity index is 1.76. The van der Waals surface area contributed by atoms with Gasteiger partial charge in [0.15, 0.2) is 0 Å². The van der Waals surface area contributed by atoms with Crippen LogP contribution in [0, 0.1) is 5.92 Å². The van der Waals surface area contributed by atoms with Gasteiger partial charge in [0.2, 0.25) is 0 Å². The predicted octanol–water partition coefficient (Wildman–Crippen LogP) is 1.37. The van der Waals surface area contributed by atoms with E-state index in [2.05, 4.69) is 10.2 Å². The van der Waals surface area contributed by atoms with Crippen molar-refractivity contribution in [1.82, 2.24) is 15.1 Å². The van der Waals surface area contributed by atoms with Gasteiger partial charge in [0.25, 0.3) is 0 Å². The topological polar surface area (TPSA) is 72.9 Å². The molecule has 2 aliphatic heterocycles. The summed E-state index contributed by atoms with van der Waals surface area (Å²) >= 11 is 0. The van der Waals surface area contributed by atoms with Gasteiger partial charge in [-0.1, -0.05) is 19.8 Å². The molecule has 2 unspecified atom stereocenters. The van der Waals surface area contributed by atoms with Gasteiger partial charge < -0.3 is 15.3 Å². The third kappa shape index (κ3) is 4.59. The van der Waals surface area contributed by atoms with Crippen molar-refractivity contribution in [2.24, 2.45) is 5.92 Å². The average Bonchev–Trinajstić information content (AvgIpc) is 2.50. The van der Waals surface area contributed by atoms with Crippen LogP contribution >= 0.6 is 0 Å². The third-order valence-corrected chi connectivity index (χ3v) is 4.71. The molecule has 0 aromatic heterocycles. The van der Waals surface area contributed by atoms with Gasteiger partial charge in [-0.2, -0.15) is 0 Å². The molecule has 0 aliphatic carbocycles. The number of piperazine rings is 1. The van der Waals surface area contributed by atoms with Gasteiger partial charge in [0.1, 0.15) is 0 Å². The van der Waals surface area contributed by atoms with E-state index in [9.17, 15) is 9.59 Å². The maximum absolute atomic E-state index is 12.2. The van der Waals surface area contributed by atoms with E-state index in [0.717, 1.165) is 32.6 Å². The number of carboxylic acid groups (broad SMARTS) is 1. The van der Waals surface area contributed by atoms with E-state index in [1.165, 1.54) is 19.3 Å². The van der Waals surface area contributed by atoms with Crippen LogP contribution in [0.25, 0.3) is 0 Å². The van der Waals surface area contributed by atoms with Gasteiger partial charge in [0.05, 0.1) is 0 Å². The first-order valence-corrected chi connectivity index (χ1v) is 8.08. The molecule has 0 saturated carbocycles. The second kappa shape index (κ2) is 7.64. The molecule has 2 fully saturated rings. The first-order valence-electron chi connectivity index (χ1n) is 8.08. The lowest BCUT2D eigenvalue weighted by atomic mass is 9.99. The fraction of sp³-hybridized carbons (Fsp3) is 0.867. The highest BCUT2D eigenvalue weighted by atomic mass is 16.4. The minimum Gasteiger partial charge on any atom is -0.481 e. The predicted molar refractivity (Wildman–Crippen MR) is 80.2 cm³/mol. The molecule has 120 valence electrons. The van der Waals surface area contributed by atoms with E-state index in [4.69, 9.17) is 5.11 Å². The molecule has 0 aromatic rings. The molecular formula is C15H27N3O3. The van der Waals surface area contributed by atoms with E-state index >= 15 is 0 Å². The highest BCUT2D eigenvalue weighted by Gasteiger charge is 2.31. The Morgan fingerprint density at radius 1 is 1.29 bits per heavy atom. The van der Waals surface area contributed by atoms with Crippen molar-refractivity contribution in [3.05, 3.63) is 0 Å². The maximum atomic E-state index is 12.2. The molecule has 6 nitrogen and oxygen atoms in total. The van der Waals surface area contributed by atoms with Gasteiger partial charge in [0, 0.05) is 38.6 Å². The summed E-state index contributed by atoms with van der Waals surface area (Å²) in [5.41, 5.74) is 0. The SMILES string of the molecule is CCC(CNC(=O)N1CCN2CCCCC2C1)CC(=O)O. The molecule has 2 amide bonds. The maximum Gasteiger partial charge on any atom is 0.317 e. The number of hydrogen-bond donors (Lipinski definition) is 2.